The van der Waals surface area contributed by atoms with Crippen LogP contribution >= 0.6 is 11.5 Å². The molecule has 102 valence electrons. The molecular weight excluding hydrogens is 250 g/mol. The average molecular weight is 271 g/mol. The second kappa shape index (κ2) is 5.65. The Bertz CT molecular complexity index is 410. The molecule has 2 N–H and O–H groups in total. The van der Waals surface area contributed by atoms with Gasteiger partial charge < -0.3 is 10.4 Å². The number of anilines is 1. The van der Waals surface area contributed by atoms with Gasteiger partial charge in [-0.2, -0.15) is 4.37 Å². The van der Waals surface area contributed by atoms with Crippen LogP contribution in [0.5, 0.6) is 0 Å². The Morgan fingerprint density at radius 2 is 2.06 bits per heavy atom. The second-order valence-corrected chi connectivity index (χ2v) is 6.53. The van der Waals surface area contributed by atoms with E-state index in [0.29, 0.717) is 5.13 Å². The number of nitrogens with one attached hydrogen (secondary N) is 1. The Hall–Kier alpha value is -1.17. The fourth-order valence-electron chi connectivity index (χ4n) is 1.43. The molecule has 1 rings (SSSR count). The summed E-state index contributed by atoms with van der Waals surface area (Å²) in [4.78, 5) is 15.3. The van der Waals surface area contributed by atoms with E-state index >= 15 is 0 Å². The molecule has 0 bridgehead atoms. The van der Waals surface area contributed by atoms with Crippen molar-refractivity contribution in [2.24, 2.45) is 5.41 Å². The minimum Gasteiger partial charge on any atom is -0.481 e. The number of aromatic nitrogens is 2. The second-order valence-electron chi connectivity index (χ2n) is 5.77. The highest BCUT2D eigenvalue weighted by Gasteiger charge is 2.27. The molecule has 1 unspecified atom stereocenters. The molecule has 0 saturated carbocycles. The Balaban J connectivity index is 2.79. The number of aliphatic carboxylic acids is 1. The van der Waals surface area contributed by atoms with E-state index < -0.39 is 5.97 Å². The quantitative estimate of drug-likeness (QED) is 0.861. The standard InChI is InChI=1S/C12H21N3O2S/c1-7(2)10-14-11(18-15-10)13-8(6-9(16)17)12(3,4)5/h7-8H,6H2,1-5H3,(H,16,17)(H,13,14,15). The zero-order valence-corrected chi connectivity index (χ0v) is 12.3. The van der Waals surface area contributed by atoms with Crippen LogP contribution in [-0.4, -0.2) is 26.5 Å². The Kier molecular flexibility index (Phi) is 4.67. The highest BCUT2D eigenvalue weighted by Crippen LogP contribution is 2.27. The first kappa shape index (κ1) is 14.9. The predicted octanol–water partition coefficient (Wildman–Crippen LogP) is 2.96. The van der Waals surface area contributed by atoms with Crippen molar-refractivity contribution in [2.75, 3.05) is 5.32 Å². The maximum Gasteiger partial charge on any atom is 0.305 e. The van der Waals surface area contributed by atoms with Crippen molar-refractivity contribution in [2.45, 2.75) is 53.0 Å². The van der Waals surface area contributed by atoms with Gasteiger partial charge in [-0.3, -0.25) is 4.79 Å². The van der Waals surface area contributed by atoms with Crippen LogP contribution in [0.4, 0.5) is 5.13 Å². The molecule has 0 aromatic carbocycles. The van der Waals surface area contributed by atoms with E-state index in [-0.39, 0.29) is 23.8 Å². The summed E-state index contributed by atoms with van der Waals surface area (Å²) in [7, 11) is 0. The van der Waals surface area contributed by atoms with E-state index in [0.717, 1.165) is 5.82 Å². The largest absolute Gasteiger partial charge is 0.481 e. The van der Waals surface area contributed by atoms with Crippen molar-refractivity contribution >= 4 is 22.6 Å². The van der Waals surface area contributed by atoms with Gasteiger partial charge >= 0.3 is 5.97 Å². The SMILES string of the molecule is CC(C)c1nsc(NC(CC(=O)O)C(C)(C)C)n1. The molecule has 0 fully saturated rings. The normalized spacial score (nSPS) is 13.7. The lowest BCUT2D eigenvalue weighted by atomic mass is 9.85. The number of rotatable bonds is 5. The van der Waals surface area contributed by atoms with E-state index in [1.807, 2.05) is 34.6 Å². The summed E-state index contributed by atoms with van der Waals surface area (Å²) in [6.07, 6.45) is 0.0695. The van der Waals surface area contributed by atoms with E-state index in [4.69, 9.17) is 5.11 Å². The third kappa shape index (κ3) is 4.25. The molecule has 0 spiro atoms. The van der Waals surface area contributed by atoms with Gasteiger partial charge in [-0.1, -0.05) is 34.6 Å². The summed E-state index contributed by atoms with van der Waals surface area (Å²) < 4.78 is 4.25. The fraction of sp³-hybridized carbons (Fsp3) is 0.750. The number of hydrogen-bond acceptors (Lipinski definition) is 5. The first-order valence-corrected chi connectivity index (χ1v) is 6.79. The summed E-state index contributed by atoms with van der Waals surface area (Å²) >= 11 is 1.28. The van der Waals surface area contributed by atoms with Crippen molar-refractivity contribution in [3.8, 4) is 0 Å². The van der Waals surface area contributed by atoms with Gasteiger partial charge in [0.25, 0.3) is 0 Å². The molecular formula is C12H21N3O2S. The van der Waals surface area contributed by atoms with Crippen LogP contribution < -0.4 is 5.32 Å². The predicted molar refractivity (Wildman–Crippen MR) is 73.1 cm³/mol. The van der Waals surface area contributed by atoms with Crippen LogP contribution in [0.1, 0.15) is 52.8 Å². The summed E-state index contributed by atoms with van der Waals surface area (Å²) in [6, 6.07) is -0.164. The van der Waals surface area contributed by atoms with Gasteiger partial charge in [0.15, 0.2) is 0 Å². The first-order chi connectivity index (χ1) is 8.20. The van der Waals surface area contributed by atoms with Gasteiger partial charge in [-0.05, 0) is 5.41 Å². The lowest BCUT2D eigenvalue weighted by Gasteiger charge is -2.29. The van der Waals surface area contributed by atoms with Gasteiger partial charge in [-0.25, -0.2) is 4.98 Å². The molecule has 1 aromatic rings. The first-order valence-electron chi connectivity index (χ1n) is 6.02. The van der Waals surface area contributed by atoms with Crippen LogP contribution in [-0.2, 0) is 4.79 Å². The van der Waals surface area contributed by atoms with Gasteiger partial charge in [0.05, 0.1) is 6.42 Å². The molecule has 5 nitrogen and oxygen atoms in total. The number of carboxylic acid groups (broad SMARTS) is 1. The molecule has 0 aliphatic heterocycles. The Morgan fingerprint density at radius 3 is 2.44 bits per heavy atom. The lowest BCUT2D eigenvalue weighted by Crippen LogP contribution is -2.36. The zero-order chi connectivity index (χ0) is 13.9. The molecule has 1 atom stereocenters. The van der Waals surface area contributed by atoms with Crippen LogP contribution in [0.2, 0.25) is 0 Å². The van der Waals surface area contributed by atoms with Crippen LogP contribution in [0.3, 0.4) is 0 Å². The molecule has 0 radical (unpaired) electrons. The maximum absolute atomic E-state index is 10.9. The zero-order valence-electron chi connectivity index (χ0n) is 11.5. The highest BCUT2D eigenvalue weighted by molar-refractivity contribution is 7.09. The van der Waals surface area contributed by atoms with Crippen LogP contribution in [0.25, 0.3) is 0 Å². The lowest BCUT2D eigenvalue weighted by molar-refractivity contribution is -0.137. The number of hydrogen-bond donors (Lipinski definition) is 2. The molecule has 6 heteroatoms. The molecule has 18 heavy (non-hydrogen) atoms. The Morgan fingerprint density at radius 1 is 1.44 bits per heavy atom. The van der Waals surface area contributed by atoms with Crippen LogP contribution in [0, 0.1) is 5.41 Å². The van der Waals surface area contributed by atoms with Gasteiger partial charge in [-0.15, -0.1) is 0 Å². The highest BCUT2D eigenvalue weighted by atomic mass is 32.1. The monoisotopic (exact) mass is 271 g/mol. The van der Waals surface area contributed by atoms with E-state index in [2.05, 4.69) is 14.7 Å². The summed E-state index contributed by atoms with van der Waals surface area (Å²) in [6.45, 7) is 10.1. The summed E-state index contributed by atoms with van der Waals surface area (Å²) in [5.41, 5.74) is -0.151. The van der Waals surface area contributed by atoms with Crippen molar-refractivity contribution in [1.29, 1.82) is 0 Å². The molecule has 1 heterocycles. The van der Waals surface area contributed by atoms with Gasteiger partial charge in [0, 0.05) is 23.5 Å². The summed E-state index contributed by atoms with van der Waals surface area (Å²) in [5, 5.41) is 12.8. The number of carbonyl (C=O) groups is 1. The maximum atomic E-state index is 10.9. The fourth-order valence-corrected chi connectivity index (χ4v) is 2.19. The van der Waals surface area contributed by atoms with Crippen molar-refractivity contribution in [1.82, 2.24) is 9.36 Å². The van der Waals surface area contributed by atoms with E-state index in [1.54, 1.807) is 0 Å². The van der Waals surface area contributed by atoms with Crippen LogP contribution in [0.15, 0.2) is 0 Å². The molecule has 1 aromatic heterocycles. The third-order valence-corrected chi connectivity index (χ3v) is 3.34. The topological polar surface area (TPSA) is 75.1 Å². The molecule has 0 saturated heterocycles. The summed E-state index contributed by atoms with van der Waals surface area (Å²) in [5.74, 6) is 0.269. The third-order valence-electron chi connectivity index (χ3n) is 2.68. The molecule has 0 aliphatic carbocycles. The average Bonchev–Trinajstić information content (AvgIpc) is 2.63. The van der Waals surface area contributed by atoms with E-state index in [9.17, 15) is 4.79 Å². The minimum atomic E-state index is -0.809. The van der Waals surface area contributed by atoms with Gasteiger partial charge in [0.2, 0.25) is 5.13 Å². The Labute approximate surface area is 112 Å². The molecule has 0 amide bonds. The smallest absolute Gasteiger partial charge is 0.305 e. The minimum absolute atomic E-state index is 0.0695. The van der Waals surface area contributed by atoms with Gasteiger partial charge in [0.1, 0.15) is 5.82 Å². The number of carboxylic acids is 1. The van der Waals surface area contributed by atoms with E-state index in [1.165, 1.54) is 11.5 Å². The van der Waals surface area contributed by atoms with Crippen molar-refractivity contribution in [3.05, 3.63) is 5.82 Å². The number of nitrogens with zero attached hydrogens (tertiary/aromatic N) is 2. The molecule has 0 aliphatic rings. The van der Waals surface area contributed by atoms with Crippen molar-refractivity contribution in [3.63, 3.8) is 0 Å². The van der Waals surface area contributed by atoms with Crippen molar-refractivity contribution < 1.29 is 9.90 Å².